The average molecular weight is 536 g/mol. The van der Waals surface area contributed by atoms with Crippen LogP contribution in [0.3, 0.4) is 0 Å². The second-order valence-electron chi connectivity index (χ2n) is 11.2. The second kappa shape index (κ2) is 10.4. The second-order valence-corrected chi connectivity index (χ2v) is 11.7. The predicted molar refractivity (Wildman–Crippen MR) is 147 cm³/mol. The third-order valence-electron chi connectivity index (χ3n) is 8.10. The van der Waals surface area contributed by atoms with Crippen molar-refractivity contribution in [2.75, 3.05) is 18.5 Å². The van der Waals surface area contributed by atoms with Crippen LogP contribution in [0.15, 0.2) is 30.6 Å². The van der Waals surface area contributed by atoms with Crippen LogP contribution in [-0.2, 0) is 10.3 Å². The number of aliphatic hydroxyl groups is 2. The summed E-state index contributed by atoms with van der Waals surface area (Å²) in [5.74, 6) is 0.524. The molecule has 3 aromatic rings. The summed E-state index contributed by atoms with van der Waals surface area (Å²) in [4.78, 5) is 13.7. The molecule has 2 aromatic heterocycles. The van der Waals surface area contributed by atoms with Crippen LogP contribution in [0.1, 0.15) is 69.9 Å². The zero-order chi connectivity index (χ0) is 27.1. The zero-order valence-corrected chi connectivity index (χ0v) is 22.8. The maximum atomic E-state index is 11.8. The highest BCUT2D eigenvalue weighted by molar-refractivity contribution is 6.33. The lowest BCUT2D eigenvalue weighted by atomic mass is 9.67. The number of aromatic nitrogens is 3. The van der Waals surface area contributed by atoms with Gasteiger partial charge in [-0.15, -0.1) is 0 Å². The van der Waals surface area contributed by atoms with Crippen LogP contribution < -0.4 is 5.32 Å². The topological polar surface area (TPSA) is 124 Å². The Morgan fingerprint density at radius 1 is 1.18 bits per heavy atom. The van der Waals surface area contributed by atoms with Crippen molar-refractivity contribution in [3.05, 3.63) is 46.7 Å². The highest BCUT2D eigenvalue weighted by Crippen LogP contribution is 2.48. The van der Waals surface area contributed by atoms with Gasteiger partial charge in [0.25, 0.3) is 0 Å². The van der Waals surface area contributed by atoms with Crippen molar-refractivity contribution in [1.82, 2.24) is 15.0 Å². The minimum Gasteiger partial charge on any atom is -0.389 e. The molecule has 38 heavy (non-hydrogen) atoms. The number of halogens is 1. The Balaban J connectivity index is 1.54. The van der Waals surface area contributed by atoms with E-state index in [0.29, 0.717) is 55.4 Å². The van der Waals surface area contributed by atoms with Crippen LogP contribution in [0.2, 0.25) is 5.02 Å². The number of pyridine rings is 1. The minimum atomic E-state index is -1.03. The molecule has 1 saturated heterocycles. The Morgan fingerprint density at radius 3 is 2.63 bits per heavy atom. The summed E-state index contributed by atoms with van der Waals surface area (Å²) in [5, 5.41) is 36.2. The molecule has 1 aliphatic heterocycles. The standard InChI is InChI=1S/C29H34ClN5O3/c1-17(2)25-19-12-18(26-21(30)14-33-27(35-26)34-23-6-11-38-15-24(23)36)4-5-22(19)32-13-20(25)29(37)9-7-28(3,16-31)8-10-29/h4-5,12-14,17,23-24,36-37H,6-11,15H2,1-3H3,(H,33,34,35)/t23-,24-,28?,29?/m1/s1. The van der Waals surface area contributed by atoms with Crippen molar-refractivity contribution < 1.29 is 14.9 Å². The number of hydrogen-bond acceptors (Lipinski definition) is 8. The molecule has 200 valence electrons. The molecule has 1 aromatic carbocycles. The van der Waals surface area contributed by atoms with E-state index in [4.69, 9.17) is 26.3 Å². The van der Waals surface area contributed by atoms with E-state index in [9.17, 15) is 15.5 Å². The number of anilines is 1. The van der Waals surface area contributed by atoms with Crippen LogP contribution in [0.4, 0.5) is 5.95 Å². The molecule has 0 bridgehead atoms. The van der Waals surface area contributed by atoms with Gasteiger partial charge in [-0.25, -0.2) is 9.97 Å². The van der Waals surface area contributed by atoms with Crippen molar-refractivity contribution >= 4 is 28.5 Å². The largest absolute Gasteiger partial charge is 0.389 e. The summed E-state index contributed by atoms with van der Waals surface area (Å²) < 4.78 is 5.32. The number of rotatable bonds is 5. The molecule has 2 atom stereocenters. The lowest BCUT2D eigenvalue weighted by Crippen LogP contribution is -2.42. The quantitative estimate of drug-likeness (QED) is 0.401. The van der Waals surface area contributed by atoms with E-state index >= 15 is 0 Å². The number of nitrogens with zero attached hydrogens (tertiary/aromatic N) is 4. The summed E-state index contributed by atoms with van der Waals surface area (Å²) >= 11 is 6.57. The first-order valence-corrected chi connectivity index (χ1v) is 13.6. The Hall–Kier alpha value is -2.83. The van der Waals surface area contributed by atoms with Crippen LogP contribution in [0.5, 0.6) is 0 Å². The molecule has 1 saturated carbocycles. The van der Waals surface area contributed by atoms with Crippen molar-refractivity contribution in [3.63, 3.8) is 0 Å². The van der Waals surface area contributed by atoms with Crippen LogP contribution >= 0.6 is 11.6 Å². The van der Waals surface area contributed by atoms with E-state index < -0.39 is 17.1 Å². The first kappa shape index (κ1) is 26.8. The third kappa shape index (κ3) is 5.08. The molecule has 0 unspecified atom stereocenters. The lowest BCUT2D eigenvalue weighted by molar-refractivity contribution is -0.0241. The lowest BCUT2D eigenvalue weighted by Gasteiger charge is -2.40. The van der Waals surface area contributed by atoms with Gasteiger partial charge in [0.15, 0.2) is 0 Å². The highest BCUT2D eigenvalue weighted by atomic mass is 35.5. The van der Waals surface area contributed by atoms with Crippen molar-refractivity contribution in [2.45, 2.75) is 76.5 Å². The fourth-order valence-corrected chi connectivity index (χ4v) is 5.85. The van der Waals surface area contributed by atoms with Gasteiger partial charge >= 0.3 is 0 Å². The normalized spacial score (nSPS) is 27.8. The molecule has 8 nitrogen and oxygen atoms in total. The maximum absolute atomic E-state index is 11.8. The molecular weight excluding hydrogens is 502 g/mol. The molecule has 3 N–H and O–H groups in total. The summed E-state index contributed by atoms with van der Waals surface area (Å²) in [6, 6.07) is 8.15. The van der Waals surface area contributed by atoms with E-state index in [2.05, 4.69) is 30.2 Å². The van der Waals surface area contributed by atoms with Gasteiger partial charge in [-0.2, -0.15) is 5.26 Å². The number of nitrogens with one attached hydrogen (secondary N) is 1. The van der Waals surface area contributed by atoms with Crippen LogP contribution in [0.25, 0.3) is 22.2 Å². The van der Waals surface area contributed by atoms with Gasteiger partial charge in [-0.3, -0.25) is 4.98 Å². The van der Waals surface area contributed by atoms with Gasteiger partial charge in [0.05, 0.1) is 58.3 Å². The highest BCUT2D eigenvalue weighted by Gasteiger charge is 2.42. The maximum Gasteiger partial charge on any atom is 0.223 e. The smallest absolute Gasteiger partial charge is 0.223 e. The number of benzene rings is 1. The molecule has 0 amide bonds. The summed E-state index contributed by atoms with van der Waals surface area (Å²) in [7, 11) is 0. The first-order chi connectivity index (χ1) is 18.1. The van der Waals surface area contributed by atoms with Crippen molar-refractivity contribution in [3.8, 4) is 17.3 Å². The number of hydrogen-bond donors (Lipinski definition) is 3. The first-order valence-electron chi connectivity index (χ1n) is 13.2. The predicted octanol–water partition coefficient (Wildman–Crippen LogP) is 5.32. The third-order valence-corrected chi connectivity index (χ3v) is 8.37. The Bertz CT molecular complexity index is 1380. The molecule has 9 heteroatoms. The van der Waals surface area contributed by atoms with Gasteiger partial charge in [-0.05, 0) is 62.6 Å². The fraction of sp³-hybridized carbons (Fsp3) is 0.517. The molecule has 0 spiro atoms. The summed E-state index contributed by atoms with van der Waals surface area (Å²) in [6.45, 7) is 7.05. The summed E-state index contributed by atoms with van der Waals surface area (Å²) in [5.41, 5.74) is 2.67. The number of aliphatic hydroxyl groups excluding tert-OH is 1. The van der Waals surface area contributed by atoms with E-state index in [1.54, 1.807) is 6.20 Å². The van der Waals surface area contributed by atoms with Gasteiger partial charge in [0.1, 0.15) is 0 Å². The molecule has 3 heterocycles. The SMILES string of the molecule is CC(C)c1c(C2(O)CCC(C)(C#N)CC2)cnc2ccc(-c3nc(N[C@@H]4CCOC[C@H]4O)ncc3Cl)cc12. The molecule has 2 aliphatic rings. The van der Waals surface area contributed by atoms with Gasteiger partial charge in [0, 0.05) is 29.3 Å². The molecular formula is C29H34ClN5O3. The summed E-state index contributed by atoms with van der Waals surface area (Å²) in [6.07, 6.45) is 5.72. The number of nitriles is 1. The van der Waals surface area contributed by atoms with E-state index in [-0.39, 0.29) is 18.6 Å². The number of ether oxygens (including phenoxy) is 1. The molecule has 0 radical (unpaired) electrons. The Morgan fingerprint density at radius 2 is 1.95 bits per heavy atom. The molecule has 5 rings (SSSR count). The van der Waals surface area contributed by atoms with E-state index in [1.165, 1.54) is 0 Å². The van der Waals surface area contributed by atoms with E-state index in [0.717, 1.165) is 27.6 Å². The fourth-order valence-electron chi connectivity index (χ4n) is 5.65. The van der Waals surface area contributed by atoms with Gasteiger partial charge < -0.3 is 20.3 Å². The number of fused-ring (bicyclic) bond motifs is 1. The van der Waals surface area contributed by atoms with Gasteiger partial charge in [-0.1, -0.05) is 31.5 Å². The molecule has 1 aliphatic carbocycles. The average Bonchev–Trinajstić information content (AvgIpc) is 2.92. The van der Waals surface area contributed by atoms with Gasteiger partial charge in [0.2, 0.25) is 5.95 Å². The van der Waals surface area contributed by atoms with E-state index in [1.807, 2.05) is 31.3 Å². The Kier molecular flexibility index (Phi) is 7.31. The zero-order valence-electron chi connectivity index (χ0n) is 22.0. The minimum absolute atomic E-state index is 0.132. The van der Waals surface area contributed by atoms with Crippen LogP contribution in [0, 0.1) is 16.7 Å². The van der Waals surface area contributed by atoms with Crippen molar-refractivity contribution in [2.24, 2.45) is 5.41 Å². The van der Waals surface area contributed by atoms with Crippen molar-refractivity contribution in [1.29, 1.82) is 5.26 Å². The van der Waals surface area contributed by atoms with Crippen LogP contribution in [-0.4, -0.2) is 50.5 Å². The Labute approximate surface area is 228 Å². The molecule has 2 fully saturated rings. The monoisotopic (exact) mass is 535 g/mol.